The number of carbonyl (C=O) groups excluding carboxylic acids is 1. The first-order valence-electron chi connectivity index (χ1n) is 6.00. The van der Waals surface area contributed by atoms with Crippen LogP contribution >= 0.6 is 11.6 Å². The van der Waals surface area contributed by atoms with Gasteiger partial charge in [-0.1, -0.05) is 11.6 Å². The van der Waals surface area contributed by atoms with Gasteiger partial charge >= 0.3 is 0 Å². The van der Waals surface area contributed by atoms with Crippen molar-refractivity contribution in [2.75, 3.05) is 11.1 Å². The smallest absolute Gasteiger partial charge is 0.269 e. The largest absolute Gasteiger partial charge is 0.398 e. The molecule has 0 aromatic heterocycles. The van der Waals surface area contributed by atoms with Crippen LogP contribution in [-0.2, 0) is 0 Å². The molecule has 0 aliphatic carbocycles. The number of nitro groups is 1. The van der Waals surface area contributed by atoms with E-state index in [4.69, 9.17) is 17.3 Å². The molecule has 2 aromatic carbocycles. The van der Waals surface area contributed by atoms with Crippen molar-refractivity contribution in [1.29, 1.82) is 0 Å². The lowest BCUT2D eigenvalue weighted by Crippen LogP contribution is -2.13. The van der Waals surface area contributed by atoms with E-state index in [0.717, 1.165) is 0 Å². The van der Waals surface area contributed by atoms with Gasteiger partial charge in [0.25, 0.3) is 11.6 Å². The van der Waals surface area contributed by atoms with Crippen LogP contribution in [-0.4, -0.2) is 10.8 Å². The summed E-state index contributed by atoms with van der Waals surface area (Å²) < 4.78 is 0. The maximum Gasteiger partial charge on any atom is 0.269 e. The zero-order valence-corrected chi connectivity index (χ0v) is 11.8. The second-order valence-electron chi connectivity index (χ2n) is 4.45. The number of aryl methyl sites for hydroxylation is 1. The Bertz CT molecular complexity index is 731. The third-order valence-electron chi connectivity index (χ3n) is 2.93. The van der Waals surface area contributed by atoms with Gasteiger partial charge in [0.2, 0.25) is 0 Å². The fourth-order valence-corrected chi connectivity index (χ4v) is 1.90. The van der Waals surface area contributed by atoms with Crippen molar-refractivity contribution >= 4 is 34.6 Å². The third-order valence-corrected chi connectivity index (χ3v) is 3.27. The Morgan fingerprint density at radius 3 is 2.57 bits per heavy atom. The molecule has 0 radical (unpaired) electrons. The third kappa shape index (κ3) is 3.29. The molecule has 0 spiro atoms. The topological polar surface area (TPSA) is 98.3 Å². The lowest BCUT2D eigenvalue weighted by molar-refractivity contribution is -0.384. The number of hydrogen-bond donors (Lipinski definition) is 2. The highest BCUT2D eigenvalue weighted by atomic mass is 35.5. The molecule has 0 fully saturated rings. The van der Waals surface area contributed by atoms with Gasteiger partial charge in [-0.25, -0.2) is 0 Å². The number of anilines is 2. The molecule has 2 rings (SSSR count). The number of rotatable bonds is 3. The highest BCUT2D eigenvalue weighted by Crippen LogP contribution is 2.23. The molecular formula is C14H12ClN3O3. The Labute approximate surface area is 125 Å². The lowest BCUT2D eigenvalue weighted by Gasteiger charge is -2.09. The summed E-state index contributed by atoms with van der Waals surface area (Å²) >= 11 is 5.80. The van der Waals surface area contributed by atoms with Crippen molar-refractivity contribution in [3.8, 4) is 0 Å². The monoisotopic (exact) mass is 305 g/mol. The molecule has 0 heterocycles. The Morgan fingerprint density at radius 2 is 2.00 bits per heavy atom. The molecule has 0 saturated heterocycles. The minimum atomic E-state index is -0.488. The van der Waals surface area contributed by atoms with Gasteiger partial charge in [0, 0.05) is 23.4 Å². The van der Waals surface area contributed by atoms with E-state index in [9.17, 15) is 14.9 Å². The van der Waals surface area contributed by atoms with E-state index in [1.807, 2.05) is 0 Å². The number of nitrogens with two attached hydrogens (primary N) is 1. The van der Waals surface area contributed by atoms with E-state index in [2.05, 4.69) is 5.32 Å². The van der Waals surface area contributed by atoms with Gasteiger partial charge in [0.15, 0.2) is 0 Å². The summed E-state index contributed by atoms with van der Waals surface area (Å²) in [5, 5.41) is 13.7. The normalized spacial score (nSPS) is 10.2. The number of halogens is 1. The van der Waals surface area contributed by atoms with Crippen molar-refractivity contribution in [2.24, 2.45) is 0 Å². The second-order valence-corrected chi connectivity index (χ2v) is 4.85. The van der Waals surface area contributed by atoms with Crippen LogP contribution in [0.4, 0.5) is 17.1 Å². The average molecular weight is 306 g/mol. The van der Waals surface area contributed by atoms with Crippen LogP contribution in [0.5, 0.6) is 0 Å². The number of nitrogens with one attached hydrogen (secondary N) is 1. The second kappa shape index (κ2) is 5.80. The summed E-state index contributed by atoms with van der Waals surface area (Å²) in [5.41, 5.74) is 7.38. The number of non-ortho nitro benzene ring substituents is 1. The minimum Gasteiger partial charge on any atom is -0.398 e. The van der Waals surface area contributed by atoms with Gasteiger partial charge in [-0.15, -0.1) is 0 Å². The molecule has 6 nitrogen and oxygen atoms in total. The average Bonchev–Trinajstić information content (AvgIpc) is 2.43. The van der Waals surface area contributed by atoms with Gasteiger partial charge in [0.1, 0.15) is 0 Å². The van der Waals surface area contributed by atoms with Gasteiger partial charge in [-0.2, -0.15) is 0 Å². The highest BCUT2D eigenvalue weighted by Gasteiger charge is 2.12. The zero-order chi connectivity index (χ0) is 15.6. The summed E-state index contributed by atoms with van der Waals surface area (Å²) in [6, 6.07) is 8.77. The number of nitrogens with zero attached hydrogens (tertiary/aromatic N) is 1. The molecule has 0 bridgehead atoms. The quantitative estimate of drug-likeness (QED) is 0.516. The summed E-state index contributed by atoms with van der Waals surface area (Å²) in [6.07, 6.45) is 0. The molecule has 2 aromatic rings. The van der Waals surface area contributed by atoms with Gasteiger partial charge in [0.05, 0.1) is 15.6 Å². The van der Waals surface area contributed by atoms with Gasteiger partial charge in [-0.05, 0) is 36.8 Å². The van der Waals surface area contributed by atoms with Crippen molar-refractivity contribution in [1.82, 2.24) is 0 Å². The highest BCUT2D eigenvalue weighted by molar-refractivity contribution is 6.33. The summed E-state index contributed by atoms with van der Waals surface area (Å²) in [5.74, 6) is -0.365. The molecule has 0 aliphatic heterocycles. The predicted octanol–water partition coefficient (Wildman–Crippen LogP) is 3.39. The Balaban J connectivity index is 2.23. The van der Waals surface area contributed by atoms with E-state index in [1.54, 1.807) is 13.0 Å². The van der Waals surface area contributed by atoms with Crippen LogP contribution in [0, 0.1) is 17.0 Å². The molecular weight excluding hydrogens is 294 g/mol. The van der Waals surface area contributed by atoms with Gasteiger partial charge in [-0.3, -0.25) is 14.9 Å². The van der Waals surface area contributed by atoms with Crippen LogP contribution in [0.2, 0.25) is 5.02 Å². The number of amides is 1. The molecule has 21 heavy (non-hydrogen) atoms. The number of nitrogen functional groups attached to an aromatic ring is 1. The number of nitro benzene ring substituents is 1. The Morgan fingerprint density at radius 1 is 1.29 bits per heavy atom. The summed E-state index contributed by atoms with van der Waals surface area (Å²) in [6.45, 7) is 1.68. The van der Waals surface area contributed by atoms with E-state index < -0.39 is 4.92 Å². The first kappa shape index (κ1) is 14.8. The molecule has 7 heteroatoms. The maximum absolute atomic E-state index is 12.1. The van der Waals surface area contributed by atoms with Crippen LogP contribution in [0.15, 0.2) is 36.4 Å². The maximum atomic E-state index is 12.1. The van der Waals surface area contributed by atoms with Crippen molar-refractivity contribution in [3.05, 3.63) is 62.7 Å². The van der Waals surface area contributed by atoms with Crippen molar-refractivity contribution in [3.63, 3.8) is 0 Å². The Hall–Kier alpha value is -2.60. The summed E-state index contributed by atoms with van der Waals surface area (Å²) in [4.78, 5) is 22.3. The first-order chi connectivity index (χ1) is 9.88. The molecule has 1 amide bonds. The zero-order valence-electron chi connectivity index (χ0n) is 11.1. The SMILES string of the molecule is Cc1cc([N+](=O)[O-])ccc1NC(=O)c1ccc(Cl)c(N)c1. The van der Waals surface area contributed by atoms with Crippen molar-refractivity contribution in [2.45, 2.75) is 6.92 Å². The predicted molar refractivity (Wildman–Crippen MR) is 81.7 cm³/mol. The van der Waals surface area contributed by atoms with E-state index in [0.29, 0.717) is 27.5 Å². The molecule has 0 saturated carbocycles. The fraction of sp³-hybridized carbons (Fsp3) is 0.0714. The van der Waals surface area contributed by atoms with Crippen molar-refractivity contribution < 1.29 is 9.72 Å². The number of hydrogen-bond acceptors (Lipinski definition) is 4. The van der Waals surface area contributed by atoms with Gasteiger partial charge < -0.3 is 11.1 Å². The number of carbonyl (C=O) groups is 1. The summed E-state index contributed by atoms with van der Waals surface area (Å²) in [7, 11) is 0. The molecule has 0 atom stereocenters. The molecule has 3 N–H and O–H groups in total. The van der Waals surface area contributed by atoms with E-state index in [1.165, 1.54) is 30.3 Å². The molecule has 0 aliphatic rings. The van der Waals surface area contributed by atoms with Crippen LogP contribution < -0.4 is 11.1 Å². The molecule has 0 unspecified atom stereocenters. The van der Waals surface area contributed by atoms with E-state index >= 15 is 0 Å². The fourth-order valence-electron chi connectivity index (χ4n) is 1.78. The lowest BCUT2D eigenvalue weighted by atomic mass is 10.1. The number of benzene rings is 2. The standard InChI is InChI=1S/C14H12ClN3O3/c1-8-6-10(18(20)21)3-5-13(8)17-14(19)9-2-4-11(15)12(16)7-9/h2-7H,16H2,1H3,(H,17,19). The van der Waals surface area contributed by atoms with Crippen LogP contribution in [0.25, 0.3) is 0 Å². The van der Waals surface area contributed by atoms with Crippen LogP contribution in [0.3, 0.4) is 0 Å². The van der Waals surface area contributed by atoms with Crippen LogP contribution in [0.1, 0.15) is 15.9 Å². The van der Waals surface area contributed by atoms with E-state index in [-0.39, 0.29) is 11.6 Å². The minimum absolute atomic E-state index is 0.0266. The molecule has 108 valence electrons. The Kier molecular flexibility index (Phi) is 4.09. The first-order valence-corrected chi connectivity index (χ1v) is 6.37.